The van der Waals surface area contributed by atoms with Crippen LogP contribution < -0.4 is 0 Å². The van der Waals surface area contributed by atoms with Crippen molar-refractivity contribution in [3.63, 3.8) is 0 Å². The van der Waals surface area contributed by atoms with Crippen LogP contribution in [0.2, 0.25) is 0 Å². The number of amides is 1. The fourth-order valence-corrected chi connectivity index (χ4v) is 4.46. The SMILES string of the molecule is Cn1cc(C(=O)N2CCCC(CO)(Cc3ccc(F)cc3F)C2)c2ccccc21. The third-order valence-corrected chi connectivity index (χ3v) is 5.99. The number of aryl methyl sites for hydroxylation is 1. The topological polar surface area (TPSA) is 45.5 Å². The molecule has 2 heterocycles. The van der Waals surface area contributed by atoms with Gasteiger partial charge in [-0.25, -0.2) is 8.78 Å². The average Bonchev–Trinajstić information content (AvgIpc) is 3.07. The molecule has 1 unspecified atom stereocenters. The van der Waals surface area contributed by atoms with Crippen molar-refractivity contribution in [3.8, 4) is 0 Å². The Morgan fingerprint density at radius 1 is 1.21 bits per heavy atom. The minimum Gasteiger partial charge on any atom is -0.396 e. The highest BCUT2D eigenvalue weighted by molar-refractivity contribution is 6.07. The summed E-state index contributed by atoms with van der Waals surface area (Å²) in [6.45, 7) is 0.765. The molecule has 2 aromatic carbocycles. The highest BCUT2D eigenvalue weighted by atomic mass is 19.1. The van der Waals surface area contributed by atoms with E-state index in [2.05, 4.69) is 0 Å². The zero-order valence-corrected chi connectivity index (χ0v) is 16.4. The number of likely N-dealkylation sites (tertiary alicyclic amines) is 1. The van der Waals surface area contributed by atoms with E-state index in [-0.39, 0.29) is 18.9 Å². The van der Waals surface area contributed by atoms with Crippen molar-refractivity contribution in [1.29, 1.82) is 0 Å². The number of piperidine rings is 1. The number of carbonyl (C=O) groups excluding carboxylic acids is 1. The van der Waals surface area contributed by atoms with Gasteiger partial charge in [0.05, 0.1) is 12.2 Å². The molecule has 1 aliphatic heterocycles. The van der Waals surface area contributed by atoms with Crippen molar-refractivity contribution >= 4 is 16.8 Å². The lowest BCUT2D eigenvalue weighted by Crippen LogP contribution is -2.49. The third kappa shape index (κ3) is 3.65. The quantitative estimate of drug-likeness (QED) is 0.724. The van der Waals surface area contributed by atoms with Crippen LogP contribution in [0.5, 0.6) is 0 Å². The van der Waals surface area contributed by atoms with E-state index in [1.807, 2.05) is 42.1 Å². The molecular weight excluding hydrogens is 374 g/mol. The number of halogens is 2. The Hall–Kier alpha value is -2.73. The van der Waals surface area contributed by atoms with Crippen LogP contribution in [0.4, 0.5) is 8.78 Å². The summed E-state index contributed by atoms with van der Waals surface area (Å²) in [6, 6.07) is 11.3. The average molecular weight is 398 g/mol. The summed E-state index contributed by atoms with van der Waals surface area (Å²) >= 11 is 0. The molecule has 6 heteroatoms. The molecule has 1 aliphatic rings. The fraction of sp³-hybridized carbons (Fsp3) is 0.348. The number of aliphatic hydroxyl groups is 1. The van der Waals surface area contributed by atoms with Crippen LogP contribution in [0, 0.1) is 17.0 Å². The van der Waals surface area contributed by atoms with E-state index in [0.29, 0.717) is 30.6 Å². The van der Waals surface area contributed by atoms with Gasteiger partial charge >= 0.3 is 0 Å². The van der Waals surface area contributed by atoms with Gasteiger partial charge in [-0.15, -0.1) is 0 Å². The van der Waals surface area contributed by atoms with Gasteiger partial charge in [0.1, 0.15) is 11.6 Å². The molecule has 4 rings (SSSR count). The molecule has 0 radical (unpaired) electrons. The smallest absolute Gasteiger partial charge is 0.256 e. The maximum Gasteiger partial charge on any atom is 0.256 e. The lowest BCUT2D eigenvalue weighted by atomic mass is 9.75. The molecule has 152 valence electrons. The molecule has 1 aromatic heterocycles. The molecule has 0 spiro atoms. The van der Waals surface area contributed by atoms with Gasteiger partial charge in [0.2, 0.25) is 0 Å². The number of aliphatic hydroxyl groups excluding tert-OH is 1. The van der Waals surface area contributed by atoms with Gasteiger partial charge in [-0.3, -0.25) is 4.79 Å². The number of benzene rings is 2. The largest absolute Gasteiger partial charge is 0.396 e. The summed E-state index contributed by atoms with van der Waals surface area (Å²) in [5, 5.41) is 11.0. The Morgan fingerprint density at radius 3 is 2.76 bits per heavy atom. The molecule has 0 saturated carbocycles. The minimum absolute atomic E-state index is 0.0843. The Kier molecular flexibility index (Phi) is 5.13. The maximum absolute atomic E-state index is 14.2. The van der Waals surface area contributed by atoms with E-state index in [1.54, 1.807) is 4.90 Å². The predicted molar refractivity (Wildman–Crippen MR) is 108 cm³/mol. The fourth-order valence-electron chi connectivity index (χ4n) is 4.46. The standard InChI is InChI=1S/C23H24F2N2O2/c1-26-13-19(18-5-2-3-6-21(18)26)22(29)27-10-4-9-23(14-27,15-28)12-16-7-8-17(24)11-20(16)25/h2-3,5-8,11,13,28H,4,9-10,12,14-15H2,1H3. The molecule has 0 aliphatic carbocycles. The first kappa shape index (κ1) is 19.6. The second kappa shape index (κ2) is 7.59. The lowest BCUT2D eigenvalue weighted by molar-refractivity contribution is 0.0269. The van der Waals surface area contributed by atoms with Crippen LogP contribution in [0.1, 0.15) is 28.8 Å². The first-order valence-electron chi connectivity index (χ1n) is 9.81. The predicted octanol–water partition coefficient (Wildman–Crippen LogP) is 3.91. The Balaban J connectivity index is 1.61. The highest BCUT2D eigenvalue weighted by Gasteiger charge is 2.38. The second-order valence-corrected chi connectivity index (χ2v) is 8.07. The van der Waals surface area contributed by atoms with Crippen molar-refractivity contribution < 1.29 is 18.7 Å². The van der Waals surface area contributed by atoms with Gasteiger partial charge in [0, 0.05) is 48.7 Å². The Bertz CT molecular complexity index is 1060. The number of carbonyl (C=O) groups is 1. The van der Waals surface area contributed by atoms with Crippen molar-refractivity contribution in [2.24, 2.45) is 12.5 Å². The molecule has 1 saturated heterocycles. The van der Waals surface area contributed by atoms with E-state index in [0.717, 1.165) is 23.4 Å². The summed E-state index contributed by atoms with van der Waals surface area (Å²) in [5.74, 6) is -1.32. The summed E-state index contributed by atoms with van der Waals surface area (Å²) in [6.07, 6.45) is 3.50. The van der Waals surface area contributed by atoms with E-state index in [9.17, 15) is 18.7 Å². The molecule has 3 aromatic rings. The van der Waals surface area contributed by atoms with E-state index in [4.69, 9.17) is 0 Å². The van der Waals surface area contributed by atoms with E-state index < -0.39 is 17.0 Å². The maximum atomic E-state index is 14.2. The van der Waals surface area contributed by atoms with Gasteiger partial charge in [0.25, 0.3) is 5.91 Å². The number of para-hydroxylation sites is 1. The van der Waals surface area contributed by atoms with Crippen LogP contribution in [-0.4, -0.2) is 40.2 Å². The highest BCUT2D eigenvalue weighted by Crippen LogP contribution is 2.35. The Morgan fingerprint density at radius 2 is 2.00 bits per heavy atom. The zero-order chi connectivity index (χ0) is 20.6. The van der Waals surface area contributed by atoms with Gasteiger partial charge in [-0.1, -0.05) is 24.3 Å². The summed E-state index contributed by atoms with van der Waals surface area (Å²) < 4.78 is 29.4. The number of hydrogen-bond donors (Lipinski definition) is 1. The molecule has 1 N–H and O–H groups in total. The molecule has 1 amide bonds. The van der Waals surface area contributed by atoms with Crippen LogP contribution >= 0.6 is 0 Å². The van der Waals surface area contributed by atoms with Crippen molar-refractivity contribution in [2.45, 2.75) is 19.3 Å². The minimum atomic E-state index is -0.642. The van der Waals surface area contributed by atoms with Gasteiger partial charge in [-0.05, 0) is 37.0 Å². The lowest BCUT2D eigenvalue weighted by Gasteiger charge is -2.42. The Labute approximate surface area is 168 Å². The number of rotatable bonds is 4. The van der Waals surface area contributed by atoms with Crippen molar-refractivity contribution in [2.75, 3.05) is 19.7 Å². The summed E-state index contributed by atoms with van der Waals surface area (Å²) in [4.78, 5) is 15.1. The van der Waals surface area contributed by atoms with Crippen LogP contribution in [-0.2, 0) is 13.5 Å². The van der Waals surface area contributed by atoms with E-state index in [1.165, 1.54) is 12.1 Å². The number of aromatic nitrogens is 1. The zero-order valence-electron chi connectivity index (χ0n) is 16.4. The second-order valence-electron chi connectivity index (χ2n) is 8.07. The van der Waals surface area contributed by atoms with Crippen molar-refractivity contribution in [1.82, 2.24) is 9.47 Å². The first-order valence-corrected chi connectivity index (χ1v) is 9.81. The number of fused-ring (bicyclic) bond motifs is 1. The third-order valence-electron chi connectivity index (χ3n) is 5.99. The normalized spacial score (nSPS) is 19.7. The van der Waals surface area contributed by atoms with Crippen LogP contribution in [0.3, 0.4) is 0 Å². The molecule has 0 bridgehead atoms. The molecule has 1 fully saturated rings. The molecule has 4 nitrogen and oxygen atoms in total. The van der Waals surface area contributed by atoms with Crippen LogP contribution in [0.25, 0.3) is 10.9 Å². The van der Waals surface area contributed by atoms with E-state index >= 15 is 0 Å². The van der Waals surface area contributed by atoms with Gasteiger partial charge in [-0.2, -0.15) is 0 Å². The summed E-state index contributed by atoms with van der Waals surface area (Å²) in [5.41, 5.74) is 1.33. The van der Waals surface area contributed by atoms with Crippen molar-refractivity contribution in [3.05, 3.63) is 71.4 Å². The molecular formula is C23H24F2N2O2. The van der Waals surface area contributed by atoms with Crippen LogP contribution in [0.15, 0.2) is 48.7 Å². The number of hydrogen-bond acceptors (Lipinski definition) is 2. The first-order chi connectivity index (χ1) is 13.9. The summed E-state index contributed by atoms with van der Waals surface area (Å²) in [7, 11) is 1.91. The molecule has 29 heavy (non-hydrogen) atoms. The van der Waals surface area contributed by atoms with Gasteiger partial charge in [0.15, 0.2) is 0 Å². The van der Waals surface area contributed by atoms with Gasteiger partial charge < -0.3 is 14.6 Å². The molecule has 1 atom stereocenters. The number of nitrogens with zero attached hydrogens (tertiary/aromatic N) is 2. The monoisotopic (exact) mass is 398 g/mol.